The fourth-order valence-electron chi connectivity index (χ4n) is 0. The molecule has 0 aromatic rings. The molecule has 0 spiro atoms. The van der Waals surface area contributed by atoms with Crippen LogP contribution in [0, 0.1) is 0 Å². The van der Waals surface area contributed by atoms with Crippen molar-refractivity contribution in [3.63, 3.8) is 0 Å². The van der Waals surface area contributed by atoms with Crippen molar-refractivity contribution in [2.45, 2.75) is 0 Å². The average molecular weight is 339 g/mol. The molecule has 0 aliphatic carbocycles. The van der Waals surface area contributed by atoms with Crippen LogP contribution in [0.4, 0.5) is 0 Å². The van der Waals surface area contributed by atoms with Crippen molar-refractivity contribution in [3.05, 3.63) is 0 Å². The third kappa shape index (κ3) is 9.42. The Hall–Kier alpha value is 4.06. The van der Waals surface area contributed by atoms with Gasteiger partial charge in [0.15, 0.2) is 0 Å². The van der Waals surface area contributed by atoms with Crippen LogP contribution in [0.15, 0.2) is 0 Å². The van der Waals surface area contributed by atoms with Gasteiger partial charge in [-0.1, -0.05) is 0 Å². The molecular weight excluding hydrogens is 339 g/mol. The van der Waals surface area contributed by atoms with Crippen molar-refractivity contribution in [1.82, 2.24) is 0 Å². The largest absolute Gasteiger partial charge is 0 e. The molecule has 0 nitrogen and oxygen atoms in total. The van der Waals surface area contributed by atoms with Crippen molar-refractivity contribution < 1.29 is 33.6 Å². The standard InChI is InChI=1S/Ba.Fe.Ni.Sr. The minimum absolute atomic E-state index is 0. The molecule has 4 heavy (non-hydrogen) atoms. The van der Waals surface area contributed by atoms with Crippen LogP contribution < -0.4 is 0 Å². The summed E-state index contributed by atoms with van der Waals surface area (Å²) >= 11 is 0. The topological polar surface area (TPSA) is 0 Å². The summed E-state index contributed by atoms with van der Waals surface area (Å²) in [5.41, 5.74) is 0. The van der Waals surface area contributed by atoms with E-state index in [-0.39, 0.29) is 128 Å². The Morgan fingerprint density at radius 3 is 1.00 bits per heavy atom. The van der Waals surface area contributed by atoms with Crippen LogP contribution in [0.25, 0.3) is 0 Å². The zero-order chi connectivity index (χ0) is 0. The van der Waals surface area contributed by atoms with Crippen molar-refractivity contribution in [1.29, 1.82) is 0 Å². The predicted molar refractivity (Wildman–Crippen MR) is 11.5 cm³/mol. The molecule has 0 bridgehead atoms. The number of hydrogen-bond donors (Lipinski definition) is 0. The minimum atomic E-state index is 0. The van der Waals surface area contributed by atoms with E-state index in [1.165, 1.54) is 0 Å². The van der Waals surface area contributed by atoms with Crippen molar-refractivity contribution in [3.8, 4) is 0 Å². The van der Waals surface area contributed by atoms with Gasteiger partial charge in [-0.2, -0.15) is 0 Å². The van der Waals surface area contributed by atoms with E-state index in [1.807, 2.05) is 0 Å². The van der Waals surface area contributed by atoms with Crippen molar-refractivity contribution in [2.75, 3.05) is 0 Å². The van der Waals surface area contributed by atoms with Gasteiger partial charge in [0.25, 0.3) is 0 Å². The van der Waals surface area contributed by atoms with Gasteiger partial charge in [-0.05, 0) is 0 Å². The molecule has 0 N–H and O–H groups in total. The molecule has 0 aliphatic rings. The van der Waals surface area contributed by atoms with E-state index in [9.17, 15) is 0 Å². The molecule has 0 aromatic heterocycles. The minimum Gasteiger partial charge on any atom is 0 e. The quantitative estimate of drug-likeness (QED) is 0.509. The van der Waals surface area contributed by atoms with Gasteiger partial charge >= 0.3 is 0 Å². The van der Waals surface area contributed by atoms with Gasteiger partial charge in [-0.15, -0.1) is 0 Å². The Morgan fingerprint density at radius 2 is 1.00 bits per heavy atom. The second-order valence-corrected chi connectivity index (χ2v) is 0. The summed E-state index contributed by atoms with van der Waals surface area (Å²) in [6, 6.07) is 0. The predicted octanol–water partition coefficient (Wildman–Crippen LogP) is -0.767. The number of hydrogen-bond acceptors (Lipinski definition) is 0. The molecule has 0 fully saturated rings. The fourth-order valence-corrected chi connectivity index (χ4v) is 0. The van der Waals surface area contributed by atoms with E-state index >= 15 is 0 Å². The molecule has 0 saturated heterocycles. The first-order chi connectivity index (χ1) is 0. The van der Waals surface area contributed by atoms with E-state index in [0.29, 0.717) is 0 Å². The molecule has 0 amide bonds. The molecule has 0 unspecified atom stereocenters. The van der Waals surface area contributed by atoms with Gasteiger partial charge in [0, 0.05) is 128 Å². The van der Waals surface area contributed by atoms with Crippen LogP contribution in [0.1, 0.15) is 0 Å². The maximum Gasteiger partial charge on any atom is 0 e. The van der Waals surface area contributed by atoms with Gasteiger partial charge in [-0.3, -0.25) is 0 Å². The molecule has 0 saturated carbocycles. The molecule has 4 radical (unpaired) electrons. The molecule has 0 aromatic carbocycles. The average Bonchev–Trinajstić information content (AvgIpc) is 0. The van der Waals surface area contributed by atoms with Gasteiger partial charge in [0.2, 0.25) is 0 Å². The molecule has 4 heteroatoms. The van der Waals surface area contributed by atoms with Gasteiger partial charge < -0.3 is 0 Å². The third-order valence-corrected chi connectivity index (χ3v) is 0. The summed E-state index contributed by atoms with van der Waals surface area (Å²) in [6.45, 7) is 0. The summed E-state index contributed by atoms with van der Waals surface area (Å²) < 4.78 is 0. The smallest absolute Gasteiger partial charge is 0 e. The van der Waals surface area contributed by atoms with Crippen LogP contribution >= 0.6 is 0 Å². The molecule has 0 atom stereocenters. The van der Waals surface area contributed by atoms with Gasteiger partial charge in [0.1, 0.15) is 0 Å². The summed E-state index contributed by atoms with van der Waals surface area (Å²) in [4.78, 5) is 0. The Bertz CT molecular complexity index is 8.00. The third-order valence-electron chi connectivity index (χ3n) is 0. The van der Waals surface area contributed by atoms with E-state index < -0.39 is 0 Å². The first-order valence-corrected chi connectivity index (χ1v) is 0. The Labute approximate surface area is 124 Å². The Morgan fingerprint density at radius 1 is 1.00 bits per heavy atom. The van der Waals surface area contributed by atoms with Gasteiger partial charge in [-0.25, -0.2) is 0 Å². The Kier molecular flexibility index (Phi) is 95.8. The maximum absolute atomic E-state index is 0. The zero-order valence-corrected chi connectivity index (χ0v) is 12.1. The van der Waals surface area contributed by atoms with Crippen LogP contribution in [0.2, 0.25) is 0 Å². The summed E-state index contributed by atoms with van der Waals surface area (Å²) in [7, 11) is 0. The first kappa shape index (κ1) is 24.4. The van der Waals surface area contributed by atoms with E-state index in [2.05, 4.69) is 0 Å². The van der Waals surface area contributed by atoms with E-state index in [0.717, 1.165) is 0 Å². The SMILES string of the molecule is [Ba].[Fe].[Ni].[Sr]. The summed E-state index contributed by atoms with van der Waals surface area (Å²) in [5, 5.41) is 0. The molecule has 0 aliphatic heterocycles. The van der Waals surface area contributed by atoms with Gasteiger partial charge in [0.05, 0.1) is 0 Å². The van der Waals surface area contributed by atoms with Crippen molar-refractivity contribution in [2.24, 2.45) is 0 Å². The zero-order valence-electron chi connectivity index (χ0n) is 2.08. The monoisotopic (exact) mass is 340 g/mol. The van der Waals surface area contributed by atoms with Crippen LogP contribution in [0.3, 0.4) is 0 Å². The maximum atomic E-state index is 0. The summed E-state index contributed by atoms with van der Waals surface area (Å²) in [5.74, 6) is 0. The van der Waals surface area contributed by atoms with E-state index in [4.69, 9.17) is 0 Å². The van der Waals surface area contributed by atoms with Crippen LogP contribution in [-0.4, -0.2) is 94.4 Å². The summed E-state index contributed by atoms with van der Waals surface area (Å²) in [6.07, 6.45) is 0. The second kappa shape index (κ2) is 15.7. The van der Waals surface area contributed by atoms with Crippen molar-refractivity contribution >= 4 is 94.4 Å². The second-order valence-electron chi connectivity index (χ2n) is 0. The molecule has 0 heterocycles. The first-order valence-electron chi connectivity index (χ1n) is 0. The Balaban J connectivity index is 0. The molecule has 0 rings (SSSR count). The van der Waals surface area contributed by atoms with E-state index in [1.54, 1.807) is 0 Å². The molecular formula is BaFeNiSr. The van der Waals surface area contributed by atoms with Crippen LogP contribution in [0.5, 0.6) is 0 Å². The normalized spacial score (nSPS) is 0. The number of rotatable bonds is 0. The fraction of sp³-hybridized carbons (Fsp3) is 0. The van der Waals surface area contributed by atoms with Crippen LogP contribution in [-0.2, 0) is 33.6 Å². The molecule has 22 valence electrons.